The summed E-state index contributed by atoms with van der Waals surface area (Å²) < 4.78 is 10.4. The standard InChI is InChI=1S/C17H20N2O2S.HI/c1-20-14-8-4-12(5-9-14)16(19-17(18)22-3)13-6-10-15(21-2)11-7-13;/h4-11,16H,1-3H3,(H2,18,19);1H. The van der Waals surface area contributed by atoms with Crippen LogP contribution in [0.3, 0.4) is 0 Å². The number of ether oxygens (including phenoxy) is 2. The van der Waals surface area contributed by atoms with Crippen LogP contribution in [0.5, 0.6) is 11.5 Å². The van der Waals surface area contributed by atoms with Crippen molar-refractivity contribution in [1.82, 2.24) is 5.32 Å². The highest BCUT2D eigenvalue weighted by Crippen LogP contribution is 2.26. The summed E-state index contributed by atoms with van der Waals surface area (Å²) in [6.45, 7) is 0. The Kier molecular flexibility index (Phi) is 8.25. The zero-order valence-electron chi connectivity index (χ0n) is 13.3. The molecule has 0 aliphatic carbocycles. The Balaban J connectivity index is 0.00000264. The summed E-state index contributed by atoms with van der Waals surface area (Å²) in [5.41, 5.74) is 2.15. The Hall–Kier alpha value is -1.41. The first-order valence-corrected chi connectivity index (χ1v) is 8.07. The van der Waals surface area contributed by atoms with Crippen LogP contribution in [0.1, 0.15) is 17.2 Å². The average Bonchev–Trinajstić information content (AvgIpc) is 2.59. The number of hydrogen-bond acceptors (Lipinski definition) is 4. The molecule has 0 saturated carbocycles. The number of amidine groups is 1. The molecule has 0 unspecified atom stereocenters. The van der Waals surface area contributed by atoms with Gasteiger partial charge in [-0.05, 0) is 41.6 Å². The van der Waals surface area contributed by atoms with Gasteiger partial charge in [-0.2, -0.15) is 0 Å². The third kappa shape index (κ3) is 5.31. The molecule has 2 N–H and O–H groups in total. The summed E-state index contributed by atoms with van der Waals surface area (Å²) in [4.78, 5) is 0. The van der Waals surface area contributed by atoms with Crippen LogP contribution in [0.4, 0.5) is 0 Å². The number of nitrogens with one attached hydrogen (secondary N) is 2. The first-order valence-electron chi connectivity index (χ1n) is 6.85. The highest BCUT2D eigenvalue weighted by Gasteiger charge is 2.15. The van der Waals surface area contributed by atoms with Crippen molar-refractivity contribution in [3.63, 3.8) is 0 Å². The molecule has 6 heteroatoms. The molecular weight excluding hydrogens is 423 g/mol. The molecule has 0 atom stereocenters. The fraction of sp³-hybridized carbons (Fsp3) is 0.235. The fourth-order valence-corrected chi connectivity index (χ4v) is 2.38. The summed E-state index contributed by atoms with van der Waals surface area (Å²) >= 11 is 1.38. The van der Waals surface area contributed by atoms with E-state index in [4.69, 9.17) is 14.9 Å². The predicted molar refractivity (Wildman–Crippen MR) is 108 cm³/mol. The molecule has 0 bridgehead atoms. The molecule has 0 heterocycles. The van der Waals surface area contributed by atoms with Crippen molar-refractivity contribution in [2.24, 2.45) is 0 Å². The second-order valence-corrected chi connectivity index (χ2v) is 5.47. The van der Waals surface area contributed by atoms with Crippen molar-refractivity contribution in [3.05, 3.63) is 59.7 Å². The Bertz CT molecular complexity index is 570. The topological polar surface area (TPSA) is 54.3 Å². The minimum atomic E-state index is -0.0863. The van der Waals surface area contributed by atoms with E-state index in [0.29, 0.717) is 5.17 Å². The van der Waals surface area contributed by atoms with E-state index in [1.54, 1.807) is 14.2 Å². The maximum Gasteiger partial charge on any atom is 0.154 e. The zero-order valence-corrected chi connectivity index (χ0v) is 16.5. The molecule has 0 aromatic heterocycles. The second-order valence-electron chi connectivity index (χ2n) is 4.66. The molecule has 0 amide bonds. The Morgan fingerprint density at radius 3 is 1.61 bits per heavy atom. The van der Waals surface area contributed by atoms with Crippen LogP contribution in [-0.2, 0) is 0 Å². The maximum atomic E-state index is 7.93. The van der Waals surface area contributed by atoms with Gasteiger partial charge in [-0.1, -0.05) is 36.0 Å². The van der Waals surface area contributed by atoms with E-state index in [1.807, 2.05) is 54.8 Å². The fourth-order valence-electron chi connectivity index (χ4n) is 2.14. The molecule has 0 aliphatic heterocycles. The van der Waals surface area contributed by atoms with Crippen LogP contribution >= 0.6 is 35.7 Å². The normalized spacial score (nSPS) is 9.91. The maximum absolute atomic E-state index is 7.93. The lowest BCUT2D eigenvalue weighted by atomic mass is 9.98. The largest absolute Gasteiger partial charge is 0.497 e. The zero-order chi connectivity index (χ0) is 15.9. The second kappa shape index (κ2) is 9.67. The molecule has 0 aliphatic rings. The van der Waals surface area contributed by atoms with Crippen LogP contribution in [0.25, 0.3) is 0 Å². The van der Waals surface area contributed by atoms with Gasteiger partial charge in [0.1, 0.15) is 11.5 Å². The first-order chi connectivity index (χ1) is 10.7. The Morgan fingerprint density at radius 2 is 1.30 bits per heavy atom. The molecule has 2 aromatic rings. The summed E-state index contributed by atoms with van der Waals surface area (Å²) in [5.74, 6) is 1.63. The minimum Gasteiger partial charge on any atom is -0.497 e. The molecule has 23 heavy (non-hydrogen) atoms. The average molecular weight is 444 g/mol. The van der Waals surface area contributed by atoms with E-state index in [9.17, 15) is 0 Å². The lowest BCUT2D eigenvalue weighted by molar-refractivity contribution is 0.414. The third-order valence-corrected chi connectivity index (χ3v) is 3.90. The van der Waals surface area contributed by atoms with Gasteiger partial charge >= 0.3 is 0 Å². The minimum absolute atomic E-state index is 0. The first kappa shape index (κ1) is 19.6. The van der Waals surface area contributed by atoms with Gasteiger partial charge in [-0.3, -0.25) is 5.41 Å². The lowest BCUT2D eigenvalue weighted by Gasteiger charge is -2.21. The number of hydrogen-bond donors (Lipinski definition) is 2. The van der Waals surface area contributed by atoms with E-state index in [-0.39, 0.29) is 30.0 Å². The van der Waals surface area contributed by atoms with Crippen LogP contribution in [-0.4, -0.2) is 25.6 Å². The van der Waals surface area contributed by atoms with Crippen LogP contribution in [0.15, 0.2) is 48.5 Å². The van der Waals surface area contributed by atoms with Crippen molar-refractivity contribution in [1.29, 1.82) is 5.41 Å². The lowest BCUT2D eigenvalue weighted by Crippen LogP contribution is -2.26. The van der Waals surface area contributed by atoms with Gasteiger partial charge in [0.25, 0.3) is 0 Å². The molecule has 0 saturated heterocycles. The molecule has 0 radical (unpaired) electrons. The number of methoxy groups -OCH3 is 2. The number of halogens is 1. The summed E-state index contributed by atoms with van der Waals surface area (Å²) in [7, 11) is 3.30. The SMILES string of the molecule is COc1ccc(C(NC(=N)SC)c2ccc(OC)cc2)cc1.I. The molecule has 2 aromatic carbocycles. The van der Waals surface area contributed by atoms with E-state index in [0.717, 1.165) is 22.6 Å². The summed E-state index contributed by atoms with van der Waals surface area (Å²) in [5, 5.41) is 11.6. The smallest absolute Gasteiger partial charge is 0.154 e. The molecule has 0 spiro atoms. The van der Waals surface area contributed by atoms with Crippen LogP contribution in [0.2, 0.25) is 0 Å². The van der Waals surface area contributed by atoms with Gasteiger partial charge in [-0.15, -0.1) is 24.0 Å². The number of thioether (sulfide) groups is 1. The summed E-state index contributed by atoms with van der Waals surface area (Å²) in [6.07, 6.45) is 1.88. The van der Waals surface area contributed by atoms with Crippen molar-refractivity contribution >= 4 is 40.9 Å². The Morgan fingerprint density at radius 1 is 0.913 bits per heavy atom. The van der Waals surface area contributed by atoms with Crippen molar-refractivity contribution < 1.29 is 9.47 Å². The van der Waals surface area contributed by atoms with Gasteiger partial charge in [0.15, 0.2) is 5.17 Å². The van der Waals surface area contributed by atoms with E-state index in [1.165, 1.54) is 11.8 Å². The van der Waals surface area contributed by atoms with Gasteiger partial charge in [0, 0.05) is 0 Å². The van der Waals surface area contributed by atoms with E-state index >= 15 is 0 Å². The quantitative estimate of drug-likeness (QED) is 0.410. The molecule has 2 rings (SSSR count). The van der Waals surface area contributed by atoms with Crippen LogP contribution < -0.4 is 14.8 Å². The summed E-state index contributed by atoms with van der Waals surface area (Å²) in [6, 6.07) is 15.7. The molecule has 124 valence electrons. The Labute approximate surface area is 158 Å². The molecule has 0 fully saturated rings. The van der Waals surface area contributed by atoms with Crippen LogP contribution in [0, 0.1) is 5.41 Å². The van der Waals surface area contributed by atoms with E-state index in [2.05, 4.69) is 5.32 Å². The number of rotatable bonds is 5. The van der Waals surface area contributed by atoms with Gasteiger partial charge in [-0.25, -0.2) is 0 Å². The highest BCUT2D eigenvalue weighted by molar-refractivity contribution is 14.0. The predicted octanol–water partition coefficient (Wildman–Crippen LogP) is 4.30. The number of benzene rings is 2. The van der Waals surface area contributed by atoms with E-state index < -0.39 is 0 Å². The highest BCUT2D eigenvalue weighted by atomic mass is 127. The van der Waals surface area contributed by atoms with Crippen molar-refractivity contribution in [3.8, 4) is 11.5 Å². The monoisotopic (exact) mass is 444 g/mol. The van der Waals surface area contributed by atoms with Crippen molar-refractivity contribution in [2.45, 2.75) is 6.04 Å². The van der Waals surface area contributed by atoms with Gasteiger partial charge < -0.3 is 14.8 Å². The molecule has 4 nitrogen and oxygen atoms in total. The van der Waals surface area contributed by atoms with Crippen molar-refractivity contribution in [2.75, 3.05) is 20.5 Å². The van der Waals surface area contributed by atoms with Gasteiger partial charge in [0.05, 0.1) is 20.3 Å². The van der Waals surface area contributed by atoms with Gasteiger partial charge in [0.2, 0.25) is 0 Å². The third-order valence-electron chi connectivity index (χ3n) is 3.38. The molecular formula is C17H21IN2O2S.